The van der Waals surface area contributed by atoms with Gasteiger partial charge in [0.15, 0.2) is 0 Å². The zero-order valence-corrected chi connectivity index (χ0v) is 12.5. The van der Waals surface area contributed by atoms with Crippen molar-refractivity contribution in [2.24, 2.45) is 5.92 Å². The molecule has 1 aliphatic rings. The van der Waals surface area contributed by atoms with Crippen molar-refractivity contribution < 1.29 is 0 Å². The minimum atomic E-state index is 0.520. The molecule has 0 aliphatic heterocycles. The fourth-order valence-electron chi connectivity index (χ4n) is 2.53. The van der Waals surface area contributed by atoms with E-state index in [9.17, 15) is 0 Å². The van der Waals surface area contributed by atoms with Crippen LogP contribution in [0.2, 0.25) is 4.34 Å². The molecule has 1 N–H and O–H groups in total. The molecule has 0 saturated carbocycles. The van der Waals surface area contributed by atoms with Gasteiger partial charge in [0.1, 0.15) is 0 Å². The molecular weight excluding hydrogens is 250 g/mol. The van der Waals surface area contributed by atoms with E-state index in [0.29, 0.717) is 12.1 Å². The lowest BCUT2D eigenvalue weighted by Crippen LogP contribution is -2.36. The van der Waals surface area contributed by atoms with Gasteiger partial charge in [-0.2, -0.15) is 0 Å². The van der Waals surface area contributed by atoms with Gasteiger partial charge in [0.2, 0.25) is 0 Å². The zero-order valence-electron chi connectivity index (χ0n) is 10.9. The fraction of sp³-hybridized carbons (Fsp3) is 0.714. The van der Waals surface area contributed by atoms with Gasteiger partial charge in [0.25, 0.3) is 0 Å². The summed E-state index contributed by atoms with van der Waals surface area (Å²) in [6.45, 7) is 6.88. The Morgan fingerprint density at radius 3 is 3.00 bits per heavy atom. The second-order valence-electron chi connectivity index (χ2n) is 5.21. The third-order valence-electron chi connectivity index (χ3n) is 4.05. The van der Waals surface area contributed by atoms with Crippen LogP contribution >= 0.6 is 22.9 Å². The smallest absolute Gasteiger partial charge is 0.0934 e. The molecule has 3 heteroatoms. The van der Waals surface area contributed by atoms with Crippen LogP contribution in [0.4, 0.5) is 0 Å². The van der Waals surface area contributed by atoms with Crippen molar-refractivity contribution in [3.05, 3.63) is 20.8 Å². The first-order chi connectivity index (χ1) is 8.11. The molecule has 1 aliphatic carbocycles. The van der Waals surface area contributed by atoms with Gasteiger partial charge in [0, 0.05) is 17.0 Å². The lowest BCUT2D eigenvalue weighted by molar-refractivity contribution is 0.331. The lowest BCUT2D eigenvalue weighted by atomic mass is 9.91. The molecular formula is C14H22ClNS. The predicted octanol–water partition coefficient (Wildman–Crippen LogP) is 4.80. The number of hydrogen-bond acceptors (Lipinski definition) is 2. The average molecular weight is 272 g/mol. The quantitative estimate of drug-likeness (QED) is 0.829. The molecule has 0 aromatic carbocycles. The highest BCUT2D eigenvalue weighted by Gasteiger charge is 2.24. The van der Waals surface area contributed by atoms with E-state index in [-0.39, 0.29) is 0 Å². The van der Waals surface area contributed by atoms with Crippen LogP contribution in [0.25, 0.3) is 0 Å². The van der Waals surface area contributed by atoms with Crippen molar-refractivity contribution in [1.82, 2.24) is 5.32 Å². The lowest BCUT2D eigenvalue weighted by Gasteiger charge is -2.29. The number of rotatable bonds is 4. The third kappa shape index (κ3) is 3.04. The second-order valence-corrected chi connectivity index (χ2v) is 6.98. The van der Waals surface area contributed by atoms with Crippen molar-refractivity contribution in [2.75, 3.05) is 0 Å². The minimum absolute atomic E-state index is 0.520. The molecule has 3 unspecified atom stereocenters. The molecule has 0 amide bonds. The maximum atomic E-state index is 6.13. The van der Waals surface area contributed by atoms with Gasteiger partial charge in [-0.1, -0.05) is 31.9 Å². The maximum Gasteiger partial charge on any atom is 0.0934 e. The van der Waals surface area contributed by atoms with E-state index in [0.717, 1.165) is 10.3 Å². The van der Waals surface area contributed by atoms with Gasteiger partial charge in [-0.3, -0.25) is 0 Å². The summed E-state index contributed by atoms with van der Waals surface area (Å²) in [6, 6.07) is 3.27. The van der Waals surface area contributed by atoms with Crippen LogP contribution in [-0.4, -0.2) is 6.04 Å². The number of fused-ring (bicyclic) bond motifs is 1. The van der Waals surface area contributed by atoms with Crippen LogP contribution in [0.5, 0.6) is 0 Å². The van der Waals surface area contributed by atoms with Crippen molar-refractivity contribution in [3.63, 3.8) is 0 Å². The normalized spacial score (nSPS) is 23.2. The van der Waals surface area contributed by atoms with Gasteiger partial charge in [0.05, 0.1) is 4.34 Å². The van der Waals surface area contributed by atoms with Crippen LogP contribution in [0.1, 0.15) is 56.5 Å². The highest BCUT2D eigenvalue weighted by Crippen LogP contribution is 2.38. The third-order valence-corrected chi connectivity index (χ3v) is 5.38. The molecule has 3 atom stereocenters. The summed E-state index contributed by atoms with van der Waals surface area (Å²) < 4.78 is 0.944. The minimum Gasteiger partial charge on any atom is -0.307 e. The van der Waals surface area contributed by atoms with Crippen molar-refractivity contribution in [1.29, 1.82) is 0 Å². The Balaban J connectivity index is 2.08. The van der Waals surface area contributed by atoms with Gasteiger partial charge in [-0.25, -0.2) is 0 Å². The Bertz CT molecular complexity index is 374. The van der Waals surface area contributed by atoms with Crippen molar-refractivity contribution in [3.8, 4) is 0 Å². The van der Waals surface area contributed by atoms with E-state index in [1.807, 2.05) is 0 Å². The largest absolute Gasteiger partial charge is 0.307 e. The molecule has 1 aromatic heterocycles. The zero-order chi connectivity index (χ0) is 12.4. The van der Waals surface area contributed by atoms with Gasteiger partial charge >= 0.3 is 0 Å². The van der Waals surface area contributed by atoms with Crippen LogP contribution in [-0.2, 0) is 6.42 Å². The molecule has 0 radical (unpaired) electrons. The molecule has 0 fully saturated rings. The summed E-state index contributed by atoms with van der Waals surface area (Å²) in [5.41, 5.74) is 1.46. The van der Waals surface area contributed by atoms with Crippen LogP contribution < -0.4 is 5.32 Å². The number of hydrogen-bond donors (Lipinski definition) is 1. The topological polar surface area (TPSA) is 12.0 Å². The first-order valence-electron chi connectivity index (χ1n) is 6.66. The number of aryl methyl sites for hydroxylation is 1. The highest BCUT2D eigenvalue weighted by atomic mass is 35.5. The molecule has 1 heterocycles. The average Bonchev–Trinajstić information content (AvgIpc) is 2.69. The van der Waals surface area contributed by atoms with Crippen molar-refractivity contribution in [2.45, 2.75) is 58.5 Å². The van der Waals surface area contributed by atoms with E-state index in [2.05, 4.69) is 32.2 Å². The molecule has 96 valence electrons. The first kappa shape index (κ1) is 13.4. The Labute approximate surface area is 114 Å². The Kier molecular flexibility index (Phi) is 4.51. The maximum absolute atomic E-state index is 6.13. The Morgan fingerprint density at radius 1 is 1.53 bits per heavy atom. The molecule has 1 aromatic rings. The Morgan fingerprint density at radius 2 is 2.29 bits per heavy atom. The first-order valence-corrected chi connectivity index (χ1v) is 7.85. The molecule has 17 heavy (non-hydrogen) atoms. The number of halogens is 1. The number of thiophene rings is 1. The van der Waals surface area contributed by atoms with Crippen LogP contribution in [0.15, 0.2) is 6.07 Å². The van der Waals surface area contributed by atoms with Crippen LogP contribution in [0, 0.1) is 5.92 Å². The fourth-order valence-corrected chi connectivity index (χ4v) is 3.91. The van der Waals surface area contributed by atoms with E-state index < -0.39 is 0 Å². The van der Waals surface area contributed by atoms with Crippen LogP contribution in [0.3, 0.4) is 0 Å². The molecule has 0 spiro atoms. The van der Waals surface area contributed by atoms with Gasteiger partial charge < -0.3 is 5.32 Å². The SMILES string of the molecule is CCC(C)C(C)NC1CCCc2sc(Cl)cc21. The molecule has 1 nitrogen and oxygen atoms in total. The summed E-state index contributed by atoms with van der Waals surface area (Å²) in [7, 11) is 0. The molecule has 0 bridgehead atoms. The monoisotopic (exact) mass is 271 g/mol. The summed E-state index contributed by atoms with van der Waals surface area (Å²) in [5.74, 6) is 0.731. The van der Waals surface area contributed by atoms with Crippen molar-refractivity contribution >= 4 is 22.9 Å². The summed E-state index contributed by atoms with van der Waals surface area (Å²) in [4.78, 5) is 1.50. The van der Waals surface area contributed by atoms with Gasteiger partial charge in [-0.15, -0.1) is 11.3 Å². The second kappa shape index (κ2) is 5.73. The summed E-state index contributed by atoms with van der Waals surface area (Å²) >= 11 is 7.89. The predicted molar refractivity (Wildman–Crippen MR) is 77.1 cm³/mol. The van der Waals surface area contributed by atoms with E-state index in [4.69, 9.17) is 11.6 Å². The highest BCUT2D eigenvalue weighted by molar-refractivity contribution is 7.16. The summed E-state index contributed by atoms with van der Waals surface area (Å²) in [5, 5.41) is 3.79. The van der Waals surface area contributed by atoms with E-state index in [1.54, 1.807) is 11.3 Å². The summed E-state index contributed by atoms with van der Waals surface area (Å²) in [6.07, 6.45) is 4.98. The Hall–Kier alpha value is -0.0500. The van der Waals surface area contributed by atoms with Gasteiger partial charge in [-0.05, 0) is 43.7 Å². The number of nitrogens with one attached hydrogen (secondary N) is 1. The standard InChI is InChI=1S/C14H22ClNS/c1-4-9(2)10(3)16-12-6-5-7-13-11(12)8-14(15)17-13/h8-10,12,16H,4-7H2,1-3H3. The van der Waals surface area contributed by atoms with E-state index >= 15 is 0 Å². The van der Waals surface area contributed by atoms with E-state index in [1.165, 1.54) is 36.1 Å². The molecule has 2 rings (SSSR count). The molecule has 0 saturated heterocycles.